The molecule has 202 valence electrons. The van der Waals surface area contributed by atoms with Crippen molar-refractivity contribution in [3.05, 3.63) is 67.9 Å². The van der Waals surface area contributed by atoms with Crippen LogP contribution in [0, 0.1) is 23.7 Å². The highest BCUT2D eigenvalue weighted by Gasteiger charge is 2.57. The van der Waals surface area contributed by atoms with Crippen LogP contribution in [0.15, 0.2) is 52.4 Å². The standard InChI is InChI=1S/C31H36ClNO4S/c1-4-6-19(13-20-9-10-21(34)14-26(20)32)8-11-27-28-23(18(2)3)15-24-29(25(28)17-37-27)31(36)33(30(24)35)16-22-7-5-12-38-22/h5,7,9-10,12-14,18,24-25,27,29,34H,4,6,8,11,15-17H2,1-3H3/b19-13+/t24-,25+,27-,29-/m1/s1. The summed E-state index contributed by atoms with van der Waals surface area (Å²) in [6.07, 6.45) is 6.43. The molecule has 2 saturated heterocycles. The van der Waals surface area contributed by atoms with Crippen LogP contribution in [0.2, 0.25) is 5.02 Å². The van der Waals surface area contributed by atoms with E-state index in [-0.39, 0.29) is 41.4 Å². The summed E-state index contributed by atoms with van der Waals surface area (Å²) in [5, 5.41) is 12.2. The van der Waals surface area contributed by atoms with E-state index in [0.717, 1.165) is 36.1 Å². The van der Waals surface area contributed by atoms with E-state index in [9.17, 15) is 14.7 Å². The number of phenolic OH excluding ortho intramolecular Hbond substituents is 1. The zero-order chi connectivity index (χ0) is 27.0. The fourth-order valence-electron chi connectivity index (χ4n) is 6.50. The lowest BCUT2D eigenvalue weighted by atomic mass is 9.67. The lowest BCUT2D eigenvalue weighted by Gasteiger charge is -2.33. The summed E-state index contributed by atoms with van der Waals surface area (Å²) >= 11 is 7.96. The van der Waals surface area contributed by atoms with E-state index in [1.165, 1.54) is 21.6 Å². The minimum absolute atomic E-state index is 0.0204. The molecule has 1 aliphatic carbocycles. The van der Waals surface area contributed by atoms with Gasteiger partial charge in [-0.3, -0.25) is 14.5 Å². The normalized spacial score (nSPS) is 25.5. The number of aromatic hydroxyl groups is 1. The van der Waals surface area contributed by atoms with Crippen molar-refractivity contribution in [3.8, 4) is 5.75 Å². The first-order valence-corrected chi connectivity index (χ1v) is 14.9. The Kier molecular flexibility index (Phi) is 8.13. The van der Waals surface area contributed by atoms with Gasteiger partial charge in [-0.15, -0.1) is 11.3 Å². The Morgan fingerprint density at radius 3 is 2.71 bits per heavy atom. The maximum atomic E-state index is 13.6. The van der Waals surface area contributed by atoms with E-state index in [4.69, 9.17) is 16.3 Å². The van der Waals surface area contributed by atoms with Gasteiger partial charge < -0.3 is 9.84 Å². The Labute approximate surface area is 234 Å². The van der Waals surface area contributed by atoms with Crippen molar-refractivity contribution in [2.45, 2.75) is 65.5 Å². The molecule has 38 heavy (non-hydrogen) atoms. The summed E-state index contributed by atoms with van der Waals surface area (Å²) in [7, 11) is 0. The zero-order valence-corrected chi connectivity index (χ0v) is 23.9. The van der Waals surface area contributed by atoms with E-state index < -0.39 is 0 Å². The van der Waals surface area contributed by atoms with Crippen LogP contribution in [-0.4, -0.2) is 34.5 Å². The number of benzene rings is 1. The number of phenols is 1. The van der Waals surface area contributed by atoms with E-state index in [2.05, 4.69) is 26.8 Å². The Morgan fingerprint density at radius 2 is 2.03 bits per heavy atom. The molecular weight excluding hydrogens is 518 g/mol. The van der Waals surface area contributed by atoms with Gasteiger partial charge in [0.25, 0.3) is 0 Å². The Balaban J connectivity index is 1.37. The van der Waals surface area contributed by atoms with Gasteiger partial charge in [0.2, 0.25) is 11.8 Å². The summed E-state index contributed by atoms with van der Waals surface area (Å²) in [4.78, 5) is 29.6. The van der Waals surface area contributed by atoms with E-state index in [1.807, 2.05) is 23.6 Å². The van der Waals surface area contributed by atoms with Crippen LogP contribution in [0.25, 0.3) is 6.08 Å². The molecule has 5 rings (SSSR count). The smallest absolute Gasteiger partial charge is 0.234 e. The number of carbonyl (C=O) groups excluding carboxylic acids is 2. The molecule has 0 unspecified atom stereocenters. The van der Waals surface area contributed by atoms with Crippen molar-refractivity contribution in [1.82, 2.24) is 4.90 Å². The zero-order valence-electron chi connectivity index (χ0n) is 22.3. The number of halogens is 1. The van der Waals surface area contributed by atoms with Gasteiger partial charge in [-0.25, -0.2) is 0 Å². The second kappa shape index (κ2) is 11.4. The number of amides is 2. The van der Waals surface area contributed by atoms with Crippen LogP contribution >= 0.6 is 22.9 Å². The number of hydrogen-bond acceptors (Lipinski definition) is 5. The number of ether oxygens (including phenoxy) is 1. The molecule has 2 fully saturated rings. The highest BCUT2D eigenvalue weighted by atomic mass is 35.5. The second-order valence-corrected chi connectivity index (χ2v) is 12.5. The first-order valence-electron chi connectivity index (χ1n) is 13.7. The average Bonchev–Trinajstić information content (AvgIpc) is 3.60. The van der Waals surface area contributed by atoms with Gasteiger partial charge in [-0.05, 0) is 72.4 Å². The monoisotopic (exact) mass is 553 g/mol. The van der Waals surface area contributed by atoms with Gasteiger partial charge in [-0.2, -0.15) is 0 Å². The third-order valence-electron chi connectivity index (χ3n) is 8.27. The first-order chi connectivity index (χ1) is 18.3. The van der Waals surface area contributed by atoms with Gasteiger partial charge in [0.15, 0.2) is 0 Å². The van der Waals surface area contributed by atoms with Crippen molar-refractivity contribution in [2.24, 2.45) is 23.7 Å². The number of nitrogens with zero attached hydrogens (tertiary/aromatic N) is 1. The minimum Gasteiger partial charge on any atom is -0.508 e. The molecule has 1 N–H and O–H groups in total. The van der Waals surface area contributed by atoms with E-state index in [0.29, 0.717) is 30.5 Å². The molecule has 2 aliphatic heterocycles. The number of allylic oxidation sites excluding steroid dienone is 2. The summed E-state index contributed by atoms with van der Waals surface area (Å²) in [6.45, 7) is 7.42. The maximum absolute atomic E-state index is 13.6. The summed E-state index contributed by atoms with van der Waals surface area (Å²) in [5.74, 6) is -0.203. The van der Waals surface area contributed by atoms with Crippen LogP contribution < -0.4 is 0 Å². The second-order valence-electron chi connectivity index (χ2n) is 11.0. The van der Waals surface area contributed by atoms with Gasteiger partial charge in [-0.1, -0.05) is 62.1 Å². The van der Waals surface area contributed by atoms with Gasteiger partial charge in [0.05, 0.1) is 36.1 Å². The van der Waals surface area contributed by atoms with Crippen molar-refractivity contribution in [2.75, 3.05) is 6.61 Å². The predicted molar refractivity (Wildman–Crippen MR) is 152 cm³/mol. The number of imide groups is 1. The topological polar surface area (TPSA) is 66.8 Å². The molecule has 0 saturated carbocycles. The number of carbonyl (C=O) groups is 2. The molecule has 3 aliphatic rings. The van der Waals surface area contributed by atoms with Crippen molar-refractivity contribution >= 4 is 40.8 Å². The average molecular weight is 554 g/mol. The first kappa shape index (κ1) is 27.2. The van der Waals surface area contributed by atoms with Crippen molar-refractivity contribution in [1.29, 1.82) is 0 Å². The van der Waals surface area contributed by atoms with Gasteiger partial charge in [0.1, 0.15) is 5.75 Å². The van der Waals surface area contributed by atoms with Gasteiger partial charge >= 0.3 is 0 Å². The third-order valence-corrected chi connectivity index (χ3v) is 9.46. The third kappa shape index (κ3) is 5.23. The molecule has 0 radical (unpaired) electrons. The summed E-state index contributed by atoms with van der Waals surface area (Å²) in [6, 6.07) is 9.02. The number of rotatable bonds is 9. The van der Waals surface area contributed by atoms with Crippen LogP contribution in [0.1, 0.15) is 63.3 Å². The molecule has 0 bridgehead atoms. The molecule has 0 spiro atoms. The summed E-state index contributed by atoms with van der Waals surface area (Å²) < 4.78 is 6.41. The minimum atomic E-state index is -0.314. The van der Waals surface area contributed by atoms with Gasteiger partial charge in [0, 0.05) is 10.8 Å². The fraction of sp³-hybridized carbons (Fsp3) is 0.484. The molecule has 5 nitrogen and oxygen atoms in total. The lowest BCUT2D eigenvalue weighted by Crippen LogP contribution is -2.35. The van der Waals surface area contributed by atoms with Crippen LogP contribution in [0.3, 0.4) is 0 Å². The highest BCUT2D eigenvalue weighted by Crippen LogP contribution is 2.51. The predicted octanol–water partition coefficient (Wildman–Crippen LogP) is 7.24. The fourth-order valence-corrected chi connectivity index (χ4v) is 7.42. The van der Waals surface area contributed by atoms with E-state index >= 15 is 0 Å². The summed E-state index contributed by atoms with van der Waals surface area (Å²) in [5.41, 5.74) is 4.78. The Bertz CT molecular complexity index is 1260. The molecule has 3 heterocycles. The SMILES string of the molecule is CCC/C(=C\c1ccc(O)cc1Cl)CC[C@H]1OC[C@H]2C1=C(C(C)C)C[C@H]1C(=O)N(Cc3cccs3)C(=O)[C@H]12. The number of likely N-dealkylation sites (tertiary alicyclic amines) is 1. The largest absolute Gasteiger partial charge is 0.508 e. The van der Waals surface area contributed by atoms with E-state index in [1.54, 1.807) is 23.5 Å². The molecule has 2 amide bonds. The molecule has 1 aromatic carbocycles. The molecular formula is C31H36ClNO4S. The van der Waals surface area contributed by atoms with Crippen LogP contribution in [0.5, 0.6) is 5.75 Å². The van der Waals surface area contributed by atoms with Crippen LogP contribution in [0.4, 0.5) is 0 Å². The molecule has 7 heteroatoms. The Hall–Kier alpha value is -2.41. The molecule has 4 atom stereocenters. The van der Waals surface area contributed by atoms with Crippen molar-refractivity contribution in [3.63, 3.8) is 0 Å². The number of thiophene rings is 1. The quantitative estimate of drug-likeness (QED) is 0.262. The van der Waals surface area contributed by atoms with Crippen LogP contribution in [-0.2, 0) is 20.9 Å². The molecule has 1 aromatic heterocycles. The molecule has 2 aromatic rings. The Morgan fingerprint density at radius 1 is 1.21 bits per heavy atom. The van der Waals surface area contributed by atoms with Crippen molar-refractivity contribution < 1.29 is 19.4 Å². The lowest BCUT2D eigenvalue weighted by molar-refractivity contribution is -0.140. The highest BCUT2D eigenvalue weighted by molar-refractivity contribution is 7.09. The maximum Gasteiger partial charge on any atom is 0.234 e. The number of fused-ring (bicyclic) bond motifs is 3. The number of hydrogen-bond donors (Lipinski definition) is 1.